The van der Waals surface area contributed by atoms with Crippen LogP contribution in [0.5, 0.6) is 11.5 Å². The Labute approximate surface area is 108 Å². The Morgan fingerprint density at radius 3 is 2.28 bits per heavy atom. The van der Waals surface area contributed by atoms with Crippen LogP contribution in [0.4, 0.5) is 0 Å². The van der Waals surface area contributed by atoms with Gasteiger partial charge in [0.2, 0.25) is 0 Å². The lowest BCUT2D eigenvalue weighted by atomic mass is 10.0. The van der Waals surface area contributed by atoms with Gasteiger partial charge < -0.3 is 9.84 Å². The van der Waals surface area contributed by atoms with Crippen LogP contribution in [0.25, 0.3) is 11.1 Å². The molecule has 0 saturated carbocycles. The van der Waals surface area contributed by atoms with Gasteiger partial charge in [0.25, 0.3) is 0 Å². The molecule has 0 unspecified atom stereocenters. The van der Waals surface area contributed by atoms with Crippen LogP contribution in [0.3, 0.4) is 0 Å². The number of ether oxygens (including phenoxy) is 1. The van der Waals surface area contributed by atoms with Gasteiger partial charge in [-0.05, 0) is 50.6 Å². The lowest BCUT2D eigenvalue weighted by Crippen LogP contribution is -2.05. The number of benzene rings is 2. The van der Waals surface area contributed by atoms with Gasteiger partial charge in [-0.15, -0.1) is 0 Å². The van der Waals surface area contributed by atoms with Gasteiger partial charge in [-0.1, -0.05) is 23.8 Å². The van der Waals surface area contributed by atoms with E-state index in [1.165, 1.54) is 0 Å². The zero-order chi connectivity index (χ0) is 13.1. The summed E-state index contributed by atoms with van der Waals surface area (Å²) in [5, 5.41) is 9.87. The van der Waals surface area contributed by atoms with E-state index in [1.807, 2.05) is 57.2 Å². The van der Waals surface area contributed by atoms with E-state index in [9.17, 15) is 5.11 Å². The normalized spacial score (nSPS) is 10.7. The number of aryl methyl sites for hydroxylation is 1. The van der Waals surface area contributed by atoms with Crippen LogP contribution in [0, 0.1) is 6.92 Å². The van der Waals surface area contributed by atoms with E-state index in [0.29, 0.717) is 5.75 Å². The molecule has 0 aliphatic heterocycles. The molecule has 0 amide bonds. The lowest BCUT2D eigenvalue weighted by molar-refractivity contribution is 0.242. The molecule has 2 aromatic carbocycles. The van der Waals surface area contributed by atoms with Crippen molar-refractivity contribution in [2.24, 2.45) is 0 Å². The van der Waals surface area contributed by atoms with Gasteiger partial charge in [-0.25, -0.2) is 0 Å². The maximum atomic E-state index is 9.87. The smallest absolute Gasteiger partial charge is 0.123 e. The van der Waals surface area contributed by atoms with Crippen molar-refractivity contribution in [3.63, 3.8) is 0 Å². The highest BCUT2D eigenvalue weighted by molar-refractivity contribution is 5.71. The zero-order valence-electron chi connectivity index (χ0n) is 11.0. The van der Waals surface area contributed by atoms with Crippen LogP contribution in [-0.4, -0.2) is 11.2 Å². The number of phenols is 1. The molecule has 0 spiro atoms. The molecular formula is C16H18O2. The molecular weight excluding hydrogens is 224 g/mol. The Bertz CT molecular complexity index is 527. The Morgan fingerprint density at radius 2 is 1.67 bits per heavy atom. The highest BCUT2D eigenvalue weighted by atomic mass is 16.5. The van der Waals surface area contributed by atoms with E-state index in [-0.39, 0.29) is 6.10 Å². The SMILES string of the molecule is Cc1ccc(O)c(-c2ccc(OC(C)C)cc2)c1. The fourth-order valence-corrected chi connectivity index (χ4v) is 1.87. The zero-order valence-corrected chi connectivity index (χ0v) is 11.0. The van der Waals surface area contributed by atoms with Gasteiger partial charge in [0, 0.05) is 5.56 Å². The largest absolute Gasteiger partial charge is 0.507 e. The predicted molar refractivity (Wildman–Crippen MR) is 74.0 cm³/mol. The number of hydrogen-bond donors (Lipinski definition) is 1. The van der Waals surface area contributed by atoms with Crippen molar-refractivity contribution < 1.29 is 9.84 Å². The topological polar surface area (TPSA) is 29.5 Å². The molecule has 0 aliphatic rings. The first-order valence-corrected chi connectivity index (χ1v) is 6.13. The Kier molecular flexibility index (Phi) is 3.56. The fourth-order valence-electron chi connectivity index (χ4n) is 1.87. The minimum Gasteiger partial charge on any atom is -0.507 e. The van der Waals surface area contributed by atoms with Crippen molar-refractivity contribution in [3.8, 4) is 22.6 Å². The fraction of sp³-hybridized carbons (Fsp3) is 0.250. The van der Waals surface area contributed by atoms with Gasteiger partial charge in [0.05, 0.1) is 6.10 Å². The first-order chi connectivity index (χ1) is 8.56. The quantitative estimate of drug-likeness (QED) is 0.876. The summed E-state index contributed by atoms with van der Waals surface area (Å²) in [6, 6.07) is 13.4. The highest BCUT2D eigenvalue weighted by Crippen LogP contribution is 2.31. The van der Waals surface area contributed by atoms with Crippen molar-refractivity contribution >= 4 is 0 Å². The summed E-state index contributed by atoms with van der Waals surface area (Å²) in [4.78, 5) is 0. The molecule has 1 N–H and O–H groups in total. The summed E-state index contributed by atoms with van der Waals surface area (Å²) in [6.07, 6.45) is 0.170. The third-order valence-electron chi connectivity index (χ3n) is 2.69. The summed E-state index contributed by atoms with van der Waals surface area (Å²) in [5.74, 6) is 1.15. The summed E-state index contributed by atoms with van der Waals surface area (Å²) >= 11 is 0. The number of phenolic OH excluding ortho intramolecular Hbond substituents is 1. The van der Waals surface area contributed by atoms with E-state index < -0.39 is 0 Å². The molecule has 0 fully saturated rings. The summed E-state index contributed by atoms with van der Waals surface area (Å²) in [7, 11) is 0. The Balaban J connectivity index is 2.31. The van der Waals surface area contributed by atoms with Crippen LogP contribution in [0.1, 0.15) is 19.4 Å². The molecule has 0 saturated heterocycles. The Morgan fingerprint density at radius 1 is 1.00 bits per heavy atom. The second kappa shape index (κ2) is 5.13. The average Bonchev–Trinajstić information content (AvgIpc) is 2.33. The predicted octanol–water partition coefficient (Wildman–Crippen LogP) is 4.15. The average molecular weight is 242 g/mol. The second-order valence-electron chi connectivity index (χ2n) is 4.71. The first kappa shape index (κ1) is 12.5. The molecule has 2 heteroatoms. The van der Waals surface area contributed by atoms with Crippen molar-refractivity contribution in [1.29, 1.82) is 0 Å². The van der Waals surface area contributed by atoms with Crippen LogP contribution >= 0.6 is 0 Å². The molecule has 2 rings (SSSR count). The van der Waals surface area contributed by atoms with Crippen molar-refractivity contribution in [2.75, 3.05) is 0 Å². The molecule has 94 valence electrons. The summed E-state index contributed by atoms with van der Waals surface area (Å²) in [5.41, 5.74) is 2.98. The molecule has 0 radical (unpaired) electrons. The van der Waals surface area contributed by atoms with E-state index in [1.54, 1.807) is 6.07 Å². The lowest BCUT2D eigenvalue weighted by Gasteiger charge is -2.11. The van der Waals surface area contributed by atoms with Gasteiger partial charge in [0.15, 0.2) is 0 Å². The molecule has 2 nitrogen and oxygen atoms in total. The monoisotopic (exact) mass is 242 g/mol. The van der Waals surface area contributed by atoms with Gasteiger partial charge in [-0.2, -0.15) is 0 Å². The van der Waals surface area contributed by atoms with Crippen molar-refractivity contribution in [3.05, 3.63) is 48.0 Å². The molecule has 18 heavy (non-hydrogen) atoms. The Hall–Kier alpha value is -1.96. The minimum atomic E-state index is 0.170. The van der Waals surface area contributed by atoms with E-state index >= 15 is 0 Å². The van der Waals surface area contributed by atoms with Gasteiger partial charge in [0.1, 0.15) is 11.5 Å². The molecule has 2 aromatic rings. The third-order valence-corrected chi connectivity index (χ3v) is 2.69. The first-order valence-electron chi connectivity index (χ1n) is 6.13. The van der Waals surface area contributed by atoms with Crippen LogP contribution < -0.4 is 4.74 Å². The third kappa shape index (κ3) is 2.83. The highest BCUT2D eigenvalue weighted by Gasteiger charge is 2.05. The number of aromatic hydroxyl groups is 1. The minimum absolute atomic E-state index is 0.170. The molecule has 0 aliphatic carbocycles. The maximum Gasteiger partial charge on any atom is 0.123 e. The maximum absolute atomic E-state index is 9.87. The summed E-state index contributed by atoms with van der Waals surface area (Å²) < 4.78 is 5.60. The molecule has 0 aromatic heterocycles. The van der Waals surface area contributed by atoms with E-state index in [0.717, 1.165) is 22.4 Å². The van der Waals surface area contributed by atoms with E-state index in [4.69, 9.17) is 4.74 Å². The molecule has 0 heterocycles. The van der Waals surface area contributed by atoms with E-state index in [2.05, 4.69) is 0 Å². The number of rotatable bonds is 3. The van der Waals surface area contributed by atoms with Crippen molar-refractivity contribution in [2.45, 2.75) is 26.9 Å². The van der Waals surface area contributed by atoms with Gasteiger partial charge >= 0.3 is 0 Å². The second-order valence-corrected chi connectivity index (χ2v) is 4.71. The molecule has 0 atom stereocenters. The van der Waals surface area contributed by atoms with Crippen LogP contribution in [-0.2, 0) is 0 Å². The van der Waals surface area contributed by atoms with Crippen molar-refractivity contribution in [1.82, 2.24) is 0 Å². The standard InChI is InChI=1S/C16H18O2/c1-11(2)18-14-7-5-13(6-8-14)15-10-12(3)4-9-16(15)17/h4-11,17H,1-3H3. The molecule has 0 bridgehead atoms. The van der Waals surface area contributed by atoms with Gasteiger partial charge in [-0.3, -0.25) is 0 Å². The van der Waals surface area contributed by atoms with Crippen LogP contribution in [0.2, 0.25) is 0 Å². The summed E-state index contributed by atoms with van der Waals surface area (Å²) in [6.45, 7) is 6.01. The van der Waals surface area contributed by atoms with Crippen LogP contribution in [0.15, 0.2) is 42.5 Å². The number of hydrogen-bond acceptors (Lipinski definition) is 2.